The maximum absolute atomic E-state index is 11.9. The molecule has 1 fully saturated rings. The highest BCUT2D eigenvalue weighted by Crippen LogP contribution is 2.32. The summed E-state index contributed by atoms with van der Waals surface area (Å²) in [7, 11) is 0. The summed E-state index contributed by atoms with van der Waals surface area (Å²) in [4.78, 5) is 12.9. The first-order valence-corrected chi connectivity index (χ1v) is 8.06. The fraction of sp³-hybridized carbons (Fsp3) is 0.533. The molecule has 1 aliphatic carbocycles. The van der Waals surface area contributed by atoms with Crippen molar-refractivity contribution in [3.8, 4) is 5.75 Å². The lowest BCUT2D eigenvalue weighted by molar-refractivity contribution is -0.119. The van der Waals surface area contributed by atoms with Crippen LogP contribution in [0.25, 0.3) is 0 Å². The molecule has 1 aliphatic rings. The van der Waals surface area contributed by atoms with E-state index < -0.39 is 0 Å². The lowest BCUT2D eigenvalue weighted by atomic mass is 10.2. The van der Waals surface area contributed by atoms with E-state index in [4.69, 9.17) is 10.5 Å². The minimum absolute atomic E-state index is 0.0613. The number of carbonyl (C=O) groups is 1. The minimum Gasteiger partial charge on any atom is -0.494 e. The summed E-state index contributed by atoms with van der Waals surface area (Å²) in [5.74, 6) is 1.95. The van der Waals surface area contributed by atoms with E-state index in [1.165, 1.54) is 24.6 Å². The summed E-state index contributed by atoms with van der Waals surface area (Å²) < 4.78 is 5.38. The third kappa shape index (κ3) is 4.72. The molecule has 0 radical (unpaired) electrons. The zero-order chi connectivity index (χ0) is 14.4. The van der Waals surface area contributed by atoms with Crippen molar-refractivity contribution in [2.24, 2.45) is 11.7 Å². The number of thioether (sulfide) groups is 1. The first kappa shape index (κ1) is 15.2. The summed E-state index contributed by atoms with van der Waals surface area (Å²) in [5, 5.41) is 3.02. The lowest BCUT2D eigenvalue weighted by Crippen LogP contribution is -2.42. The first-order valence-electron chi connectivity index (χ1n) is 7.08. The fourth-order valence-electron chi connectivity index (χ4n) is 2.06. The van der Waals surface area contributed by atoms with Crippen molar-refractivity contribution in [2.45, 2.75) is 30.7 Å². The summed E-state index contributed by atoms with van der Waals surface area (Å²) in [6, 6.07) is 7.96. The van der Waals surface area contributed by atoms with Crippen LogP contribution < -0.4 is 15.8 Å². The van der Waals surface area contributed by atoms with Crippen molar-refractivity contribution in [3.63, 3.8) is 0 Å². The van der Waals surface area contributed by atoms with Crippen LogP contribution in [0.15, 0.2) is 29.2 Å². The fourth-order valence-corrected chi connectivity index (χ4v) is 2.77. The molecule has 1 amide bonds. The number of amides is 1. The summed E-state index contributed by atoms with van der Waals surface area (Å²) in [5.41, 5.74) is 5.68. The molecule has 0 heterocycles. The molecule has 1 aromatic rings. The number of hydrogen-bond acceptors (Lipinski definition) is 4. The number of rotatable bonds is 8. The molecule has 1 atom stereocenters. The summed E-state index contributed by atoms with van der Waals surface area (Å²) in [6.45, 7) is 3.15. The largest absolute Gasteiger partial charge is 0.494 e. The van der Waals surface area contributed by atoms with Crippen molar-refractivity contribution in [1.82, 2.24) is 5.32 Å². The second-order valence-electron chi connectivity index (χ2n) is 4.94. The molecular formula is C15H22N2O2S. The van der Waals surface area contributed by atoms with E-state index in [2.05, 4.69) is 5.32 Å². The number of carbonyl (C=O) groups excluding carboxylic acids is 1. The van der Waals surface area contributed by atoms with Crippen LogP contribution in [0.5, 0.6) is 5.75 Å². The van der Waals surface area contributed by atoms with Crippen LogP contribution in [-0.4, -0.2) is 30.9 Å². The molecule has 1 unspecified atom stereocenters. The zero-order valence-corrected chi connectivity index (χ0v) is 12.6. The maximum atomic E-state index is 11.9. The average molecular weight is 294 g/mol. The van der Waals surface area contributed by atoms with Gasteiger partial charge in [0.25, 0.3) is 0 Å². The Bertz CT molecular complexity index is 432. The van der Waals surface area contributed by atoms with Gasteiger partial charge in [0.2, 0.25) is 5.91 Å². The molecule has 20 heavy (non-hydrogen) atoms. The van der Waals surface area contributed by atoms with Gasteiger partial charge in [-0.05, 0) is 49.9 Å². The van der Waals surface area contributed by atoms with Crippen molar-refractivity contribution >= 4 is 17.7 Å². The van der Waals surface area contributed by atoms with Gasteiger partial charge in [0.15, 0.2) is 0 Å². The molecule has 3 N–H and O–H groups in total. The van der Waals surface area contributed by atoms with Crippen molar-refractivity contribution < 1.29 is 9.53 Å². The van der Waals surface area contributed by atoms with Crippen LogP contribution in [0.4, 0.5) is 0 Å². The molecule has 0 bridgehead atoms. The van der Waals surface area contributed by atoms with Crippen LogP contribution in [0, 0.1) is 5.92 Å². The molecule has 1 aromatic carbocycles. The van der Waals surface area contributed by atoms with E-state index in [0.717, 1.165) is 10.6 Å². The predicted octanol–water partition coefficient (Wildman–Crippen LogP) is 2.03. The van der Waals surface area contributed by atoms with Gasteiger partial charge in [-0.2, -0.15) is 0 Å². The molecule has 1 saturated carbocycles. The highest BCUT2D eigenvalue weighted by atomic mass is 32.2. The third-order valence-corrected chi connectivity index (χ3v) is 4.31. The number of ether oxygens (including phenoxy) is 1. The third-order valence-electron chi connectivity index (χ3n) is 3.30. The number of nitrogens with two attached hydrogens (primary N) is 1. The van der Waals surface area contributed by atoms with Gasteiger partial charge in [-0.3, -0.25) is 4.79 Å². The second-order valence-corrected chi connectivity index (χ2v) is 5.99. The van der Waals surface area contributed by atoms with Gasteiger partial charge < -0.3 is 15.8 Å². The van der Waals surface area contributed by atoms with E-state index in [9.17, 15) is 4.79 Å². The van der Waals surface area contributed by atoms with Gasteiger partial charge in [0.05, 0.1) is 12.4 Å². The molecule has 0 saturated heterocycles. The normalized spacial score (nSPS) is 15.7. The SMILES string of the molecule is CCOc1ccc(SCC(=O)NC(CN)C2CC2)cc1. The summed E-state index contributed by atoms with van der Waals surface area (Å²) >= 11 is 1.53. The van der Waals surface area contributed by atoms with E-state index in [1.807, 2.05) is 31.2 Å². The zero-order valence-electron chi connectivity index (χ0n) is 11.8. The van der Waals surface area contributed by atoms with Gasteiger partial charge in [0.1, 0.15) is 5.75 Å². The van der Waals surface area contributed by atoms with Crippen LogP contribution in [0.1, 0.15) is 19.8 Å². The Hall–Kier alpha value is -1.20. The Balaban J connectivity index is 1.74. The lowest BCUT2D eigenvalue weighted by Gasteiger charge is -2.15. The van der Waals surface area contributed by atoms with E-state index >= 15 is 0 Å². The quantitative estimate of drug-likeness (QED) is 0.720. The summed E-state index contributed by atoms with van der Waals surface area (Å²) in [6.07, 6.45) is 2.38. The molecule has 0 aliphatic heterocycles. The van der Waals surface area contributed by atoms with Crippen LogP contribution in [0.3, 0.4) is 0 Å². The van der Waals surface area contributed by atoms with Gasteiger partial charge in [0, 0.05) is 17.5 Å². The Labute approximate surface area is 124 Å². The van der Waals surface area contributed by atoms with Gasteiger partial charge >= 0.3 is 0 Å². The van der Waals surface area contributed by atoms with E-state index in [0.29, 0.717) is 24.8 Å². The van der Waals surface area contributed by atoms with Crippen LogP contribution in [-0.2, 0) is 4.79 Å². The highest BCUT2D eigenvalue weighted by Gasteiger charge is 2.31. The number of hydrogen-bond donors (Lipinski definition) is 2. The minimum atomic E-state index is 0.0613. The van der Waals surface area contributed by atoms with Gasteiger partial charge in [-0.25, -0.2) is 0 Å². The Morgan fingerprint density at radius 2 is 2.15 bits per heavy atom. The second kappa shape index (κ2) is 7.55. The molecule has 0 aromatic heterocycles. The van der Waals surface area contributed by atoms with Crippen LogP contribution >= 0.6 is 11.8 Å². The van der Waals surface area contributed by atoms with Gasteiger partial charge in [-0.15, -0.1) is 11.8 Å². The molecule has 110 valence electrons. The standard InChI is InChI=1S/C15H22N2O2S/c1-2-19-12-5-7-13(8-6-12)20-10-15(18)17-14(9-16)11-3-4-11/h5-8,11,14H,2-4,9-10,16H2,1H3,(H,17,18). The molecule has 0 spiro atoms. The Morgan fingerprint density at radius 3 is 2.70 bits per heavy atom. The molecule has 5 heteroatoms. The van der Waals surface area contributed by atoms with E-state index in [1.54, 1.807) is 0 Å². The number of benzene rings is 1. The van der Waals surface area contributed by atoms with Crippen LogP contribution in [0.2, 0.25) is 0 Å². The molecule has 4 nitrogen and oxygen atoms in total. The smallest absolute Gasteiger partial charge is 0.230 e. The van der Waals surface area contributed by atoms with Crippen molar-refractivity contribution in [3.05, 3.63) is 24.3 Å². The Kier molecular flexibility index (Phi) is 5.73. The molecular weight excluding hydrogens is 272 g/mol. The van der Waals surface area contributed by atoms with Crippen molar-refractivity contribution in [2.75, 3.05) is 18.9 Å². The topological polar surface area (TPSA) is 64.3 Å². The molecule has 2 rings (SSSR count). The monoisotopic (exact) mass is 294 g/mol. The first-order chi connectivity index (χ1) is 9.72. The Morgan fingerprint density at radius 1 is 1.45 bits per heavy atom. The maximum Gasteiger partial charge on any atom is 0.230 e. The average Bonchev–Trinajstić information content (AvgIpc) is 3.29. The number of nitrogens with one attached hydrogen (secondary N) is 1. The van der Waals surface area contributed by atoms with Gasteiger partial charge in [-0.1, -0.05) is 0 Å². The van der Waals surface area contributed by atoms with Crippen molar-refractivity contribution in [1.29, 1.82) is 0 Å². The van der Waals surface area contributed by atoms with E-state index in [-0.39, 0.29) is 11.9 Å². The predicted molar refractivity (Wildman–Crippen MR) is 82.0 cm³/mol. The highest BCUT2D eigenvalue weighted by molar-refractivity contribution is 8.00.